The van der Waals surface area contributed by atoms with Gasteiger partial charge in [-0.15, -0.1) is 0 Å². The summed E-state index contributed by atoms with van der Waals surface area (Å²) in [5.41, 5.74) is 2.98. The number of hydrogen-bond acceptors (Lipinski definition) is 5. The molecule has 2 aromatic carbocycles. The third-order valence-corrected chi connectivity index (χ3v) is 5.64. The van der Waals surface area contributed by atoms with Crippen LogP contribution < -0.4 is 15.4 Å². The summed E-state index contributed by atoms with van der Waals surface area (Å²) in [7, 11) is 0. The van der Waals surface area contributed by atoms with Crippen molar-refractivity contribution in [3.63, 3.8) is 0 Å². The number of nitrogens with zero attached hydrogens (tertiary/aromatic N) is 1. The summed E-state index contributed by atoms with van der Waals surface area (Å²) >= 11 is 1.46. The zero-order valence-corrected chi connectivity index (χ0v) is 18.9. The molecular weight excluding hydrogens is 410 g/mol. The average molecular weight is 440 g/mol. The van der Waals surface area contributed by atoms with Gasteiger partial charge >= 0.3 is 0 Å². The van der Waals surface area contributed by atoms with Crippen molar-refractivity contribution < 1.29 is 14.3 Å². The molecule has 2 N–H and O–H groups in total. The van der Waals surface area contributed by atoms with Crippen molar-refractivity contribution in [2.24, 2.45) is 0 Å². The van der Waals surface area contributed by atoms with Crippen molar-refractivity contribution in [3.05, 3.63) is 53.6 Å². The van der Waals surface area contributed by atoms with E-state index in [1.54, 1.807) is 0 Å². The van der Waals surface area contributed by atoms with Crippen molar-refractivity contribution in [2.45, 2.75) is 52.5 Å². The van der Waals surface area contributed by atoms with Crippen LogP contribution in [0.15, 0.2) is 42.5 Å². The van der Waals surface area contributed by atoms with Gasteiger partial charge in [0.05, 0.1) is 16.8 Å². The zero-order valence-electron chi connectivity index (χ0n) is 18.1. The number of thiazole rings is 1. The highest BCUT2D eigenvalue weighted by atomic mass is 32.1. The molecule has 0 bridgehead atoms. The Morgan fingerprint density at radius 3 is 2.48 bits per heavy atom. The molecule has 0 atom stereocenters. The second kappa shape index (κ2) is 11.5. The fourth-order valence-corrected chi connectivity index (χ4v) is 4.00. The first kappa shape index (κ1) is 22.7. The number of hydrogen-bond donors (Lipinski definition) is 2. The highest BCUT2D eigenvalue weighted by Crippen LogP contribution is 2.27. The van der Waals surface area contributed by atoms with E-state index in [4.69, 9.17) is 4.74 Å². The predicted molar refractivity (Wildman–Crippen MR) is 126 cm³/mol. The number of benzene rings is 2. The first-order valence-electron chi connectivity index (χ1n) is 10.7. The third-order valence-electron chi connectivity index (χ3n) is 4.70. The summed E-state index contributed by atoms with van der Waals surface area (Å²) in [5.74, 6) is 0.855. The maximum atomic E-state index is 12.3. The number of carbonyl (C=O) groups is 2. The maximum Gasteiger partial charge on any atom is 0.226 e. The molecule has 1 heterocycles. The molecule has 7 heteroatoms. The quantitative estimate of drug-likeness (QED) is 0.437. The van der Waals surface area contributed by atoms with Gasteiger partial charge in [0.2, 0.25) is 11.8 Å². The van der Waals surface area contributed by atoms with E-state index in [9.17, 15) is 9.59 Å². The van der Waals surface area contributed by atoms with E-state index in [0.29, 0.717) is 37.5 Å². The summed E-state index contributed by atoms with van der Waals surface area (Å²) in [6.07, 6.45) is 3.35. The van der Waals surface area contributed by atoms with E-state index >= 15 is 0 Å². The Morgan fingerprint density at radius 2 is 1.74 bits per heavy atom. The fourth-order valence-electron chi connectivity index (χ4n) is 3.06. The molecule has 0 radical (unpaired) electrons. The van der Waals surface area contributed by atoms with Gasteiger partial charge in [-0.05, 0) is 54.7 Å². The van der Waals surface area contributed by atoms with Gasteiger partial charge in [0.1, 0.15) is 5.75 Å². The molecule has 0 unspecified atom stereocenters. The van der Waals surface area contributed by atoms with Gasteiger partial charge < -0.3 is 15.4 Å². The van der Waals surface area contributed by atoms with Gasteiger partial charge in [-0.25, -0.2) is 4.98 Å². The SMILES string of the molecule is CCCOc1ccc(CNC(=O)CCc2ccc3nc(NC(=O)CCC)sc3c2)cc1. The number of rotatable bonds is 11. The Bertz CT molecular complexity index is 1010. The molecule has 0 aliphatic carbocycles. The Kier molecular flexibility index (Phi) is 8.41. The van der Waals surface area contributed by atoms with Crippen LogP contribution in [0.25, 0.3) is 10.2 Å². The number of fused-ring (bicyclic) bond motifs is 1. The monoisotopic (exact) mass is 439 g/mol. The lowest BCUT2D eigenvalue weighted by Crippen LogP contribution is -2.22. The summed E-state index contributed by atoms with van der Waals surface area (Å²) < 4.78 is 6.58. The number of aromatic nitrogens is 1. The van der Waals surface area contributed by atoms with Crippen LogP contribution in [-0.2, 0) is 22.6 Å². The number of ether oxygens (including phenoxy) is 1. The normalized spacial score (nSPS) is 10.8. The van der Waals surface area contributed by atoms with Crippen molar-refractivity contribution in [1.82, 2.24) is 10.3 Å². The molecule has 0 spiro atoms. The minimum Gasteiger partial charge on any atom is -0.494 e. The Hall–Kier alpha value is -2.93. The Balaban J connectivity index is 1.47. The lowest BCUT2D eigenvalue weighted by molar-refractivity contribution is -0.121. The molecule has 3 aromatic rings. The highest BCUT2D eigenvalue weighted by molar-refractivity contribution is 7.22. The first-order chi connectivity index (χ1) is 15.1. The van der Waals surface area contributed by atoms with Gasteiger partial charge in [-0.3, -0.25) is 9.59 Å². The van der Waals surface area contributed by atoms with E-state index in [1.165, 1.54) is 11.3 Å². The van der Waals surface area contributed by atoms with Crippen molar-refractivity contribution in [3.8, 4) is 5.75 Å². The van der Waals surface area contributed by atoms with E-state index in [2.05, 4.69) is 22.5 Å². The van der Waals surface area contributed by atoms with Crippen LogP contribution in [0.5, 0.6) is 5.75 Å². The van der Waals surface area contributed by atoms with Crippen LogP contribution in [0.4, 0.5) is 5.13 Å². The molecule has 164 valence electrons. The molecule has 0 saturated carbocycles. The van der Waals surface area contributed by atoms with Gasteiger partial charge in [0.25, 0.3) is 0 Å². The van der Waals surface area contributed by atoms with E-state index < -0.39 is 0 Å². The largest absolute Gasteiger partial charge is 0.494 e. The molecule has 0 saturated heterocycles. The van der Waals surface area contributed by atoms with Gasteiger partial charge in [0.15, 0.2) is 5.13 Å². The first-order valence-corrected chi connectivity index (χ1v) is 11.6. The van der Waals surface area contributed by atoms with E-state index in [-0.39, 0.29) is 11.8 Å². The fraction of sp³-hybridized carbons (Fsp3) is 0.375. The van der Waals surface area contributed by atoms with Gasteiger partial charge in [-0.1, -0.05) is 43.4 Å². The minimum absolute atomic E-state index is 0.0124. The molecule has 0 fully saturated rings. The number of aryl methyl sites for hydroxylation is 1. The van der Waals surface area contributed by atoms with Crippen molar-refractivity contribution in [1.29, 1.82) is 0 Å². The van der Waals surface area contributed by atoms with Crippen LogP contribution >= 0.6 is 11.3 Å². The van der Waals surface area contributed by atoms with Crippen molar-refractivity contribution >= 4 is 38.5 Å². The van der Waals surface area contributed by atoms with Crippen LogP contribution in [0, 0.1) is 0 Å². The molecule has 1 aromatic heterocycles. The summed E-state index contributed by atoms with van der Waals surface area (Å²) in [4.78, 5) is 28.5. The molecule has 0 aliphatic heterocycles. The molecular formula is C24H29N3O3S. The van der Waals surface area contributed by atoms with Crippen LogP contribution in [0.1, 0.15) is 50.7 Å². The van der Waals surface area contributed by atoms with Crippen molar-refractivity contribution in [2.75, 3.05) is 11.9 Å². The lowest BCUT2D eigenvalue weighted by Gasteiger charge is -2.08. The summed E-state index contributed by atoms with van der Waals surface area (Å²) in [6, 6.07) is 13.8. The molecule has 6 nitrogen and oxygen atoms in total. The summed E-state index contributed by atoms with van der Waals surface area (Å²) in [5, 5.41) is 6.43. The number of anilines is 1. The molecule has 3 rings (SSSR count). The zero-order chi connectivity index (χ0) is 22.1. The standard InChI is InChI=1S/C24H29N3O3S/c1-3-5-23(29)27-24-26-20-12-8-17(15-21(20)31-24)9-13-22(28)25-16-18-6-10-19(11-7-18)30-14-4-2/h6-8,10-12,15H,3-5,9,13-14,16H2,1-2H3,(H,25,28)(H,26,27,29). The average Bonchev–Trinajstić information content (AvgIpc) is 3.17. The Labute approximate surface area is 187 Å². The molecule has 31 heavy (non-hydrogen) atoms. The van der Waals surface area contributed by atoms with Gasteiger partial charge in [-0.2, -0.15) is 0 Å². The van der Waals surface area contributed by atoms with Gasteiger partial charge in [0, 0.05) is 19.4 Å². The highest BCUT2D eigenvalue weighted by Gasteiger charge is 2.09. The number of nitrogens with one attached hydrogen (secondary N) is 2. The number of amides is 2. The van der Waals surface area contributed by atoms with E-state index in [0.717, 1.165) is 39.9 Å². The number of carbonyl (C=O) groups excluding carboxylic acids is 2. The second-order valence-corrected chi connectivity index (χ2v) is 8.42. The predicted octanol–water partition coefficient (Wildman–Crippen LogP) is 5.07. The molecule has 2 amide bonds. The van der Waals surface area contributed by atoms with Crippen LogP contribution in [0.3, 0.4) is 0 Å². The Morgan fingerprint density at radius 1 is 0.968 bits per heavy atom. The van der Waals surface area contributed by atoms with Crippen LogP contribution in [0.2, 0.25) is 0 Å². The topological polar surface area (TPSA) is 80.3 Å². The lowest BCUT2D eigenvalue weighted by atomic mass is 10.1. The maximum absolute atomic E-state index is 12.3. The van der Waals surface area contributed by atoms with E-state index in [1.807, 2.05) is 49.4 Å². The van der Waals surface area contributed by atoms with Crippen LogP contribution in [-0.4, -0.2) is 23.4 Å². The summed E-state index contributed by atoms with van der Waals surface area (Å²) in [6.45, 7) is 5.25. The second-order valence-electron chi connectivity index (χ2n) is 7.39. The molecule has 0 aliphatic rings. The smallest absolute Gasteiger partial charge is 0.226 e. The minimum atomic E-state index is -0.0124. The third kappa shape index (κ3) is 7.07.